The van der Waals surface area contributed by atoms with Crippen LogP contribution in [0, 0.1) is 24.0 Å². The van der Waals surface area contributed by atoms with Crippen molar-refractivity contribution in [1.82, 2.24) is 9.78 Å². The molecule has 1 aromatic rings. The molecule has 0 bridgehead atoms. The van der Waals surface area contributed by atoms with E-state index in [0.29, 0.717) is 6.42 Å². The van der Waals surface area contributed by atoms with Gasteiger partial charge in [-0.25, -0.2) is 0 Å². The van der Waals surface area contributed by atoms with Crippen molar-refractivity contribution in [3.05, 3.63) is 32.8 Å². The SMILES string of the molecule is CCC(=Cc1c(C)nn(C)c1C)[N+](=O)[O-]. The summed E-state index contributed by atoms with van der Waals surface area (Å²) in [6.07, 6.45) is 2.03. The Morgan fingerprint density at radius 2 is 2.20 bits per heavy atom. The number of allylic oxidation sites excluding steroid dienone is 1. The lowest BCUT2D eigenvalue weighted by molar-refractivity contribution is -0.425. The van der Waals surface area contributed by atoms with E-state index < -0.39 is 0 Å². The summed E-state index contributed by atoms with van der Waals surface area (Å²) < 4.78 is 1.73. The maximum absolute atomic E-state index is 10.7. The minimum absolute atomic E-state index is 0.217. The van der Waals surface area contributed by atoms with Gasteiger partial charge in [0.2, 0.25) is 5.70 Å². The molecule has 1 heterocycles. The van der Waals surface area contributed by atoms with E-state index in [4.69, 9.17) is 0 Å². The Morgan fingerprint density at radius 3 is 2.53 bits per heavy atom. The van der Waals surface area contributed by atoms with Crippen LogP contribution >= 0.6 is 0 Å². The van der Waals surface area contributed by atoms with Crippen LogP contribution in [0.3, 0.4) is 0 Å². The van der Waals surface area contributed by atoms with Crippen molar-refractivity contribution in [2.45, 2.75) is 27.2 Å². The van der Waals surface area contributed by atoms with Gasteiger partial charge in [-0.05, 0) is 13.8 Å². The zero-order valence-electron chi connectivity index (χ0n) is 9.44. The van der Waals surface area contributed by atoms with Crippen LogP contribution in [0.15, 0.2) is 5.70 Å². The Balaban J connectivity index is 3.22. The molecular formula is C10H15N3O2. The van der Waals surface area contributed by atoms with E-state index in [2.05, 4.69) is 5.10 Å². The molecule has 0 atom stereocenters. The highest BCUT2D eigenvalue weighted by Crippen LogP contribution is 2.17. The third-order valence-electron chi connectivity index (χ3n) is 2.47. The molecule has 0 aromatic carbocycles. The monoisotopic (exact) mass is 209 g/mol. The van der Waals surface area contributed by atoms with Gasteiger partial charge in [-0.2, -0.15) is 5.10 Å². The van der Waals surface area contributed by atoms with Crippen molar-refractivity contribution in [2.75, 3.05) is 0 Å². The molecule has 0 fully saturated rings. The summed E-state index contributed by atoms with van der Waals surface area (Å²) in [6.45, 7) is 5.53. The molecule has 0 aliphatic heterocycles. The van der Waals surface area contributed by atoms with Crippen molar-refractivity contribution in [3.63, 3.8) is 0 Å². The number of rotatable bonds is 3. The molecule has 0 N–H and O–H groups in total. The van der Waals surface area contributed by atoms with Gasteiger partial charge in [-0.1, -0.05) is 6.92 Å². The molecule has 82 valence electrons. The van der Waals surface area contributed by atoms with Gasteiger partial charge < -0.3 is 0 Å². The third kappa shape index (κ3) is 2.23. The third-order valence-corrected chi connectivity index (χ3v) is 2.47. The number of aromatic nitrogens is 2. The topological polar surface area (TPSA) is 61.0 Å². The van der Waals surface area contributed by atoms with Gasteiger partial charge in [0.15, 0.2) is 0 Å². The maximum Gasteiger partial charge on any atom is 0.246 e. The lowest BCUT2D eigenvalue weighted by Gasteiger charge is -1.96. The number of hydrogen-bond donors (Lipinski definition) is 0. The standard InChI is InChI=1S/C10H15N3O2/c1-5-9(13(14)15)6-10-7(2)11-12(4)8(10)3/h6H,5H2,1-4H3. The normalized spacial score (nSPS) is 11.9. The number of aryl methyl sites for hydroxylation is 2. The molecule has 0 saturated heterocycles. The van der Waals surface area contributed by atoms with Crippen LogP contribution in [0.25, 0.3) is 6.08 Å². The Morgan fingerprint density at radius 1 is 1.60 bits per heavy atom. The first kappa shape index (κ1) is 11.4. The second-order valence-corrected chi connectivity index (χ2v) is 3.45. The first-order valence-electron chi connectivity index (χ1n) is 4.82. The largest absolute Gasteiger partial charge is 0.272 e. The molecule has 0 saturated carbocycles. The molecule has 1 aromatic heterocycles. The highest BCUT2D eigenvalue weighted by atomic mass is 16.6. The maximum atomic E-state index is 10.7. The molecule has 0 spiro atoms. The number of nitrogens with zero attached hydrogens (tertiary/aromatic N) is 3. The second kappa shape index (κ2) is 4.25. The first-order chi connectivity index (χ1) is 6.97. The molecule has 0 amide bonds. The minimum atomic E-state index is -0.341. The van der Waals surface area contributed by atoms with Crippen LogP contribution in [-0.2, 0) is 7.05 Å². The zero-order chi connectivity index (χ0) is 11.6. The number of nitro groups is 1. The van der Waals surface area contributed by atoms with Crippen LogP contribution in [-0.4, -0.2) is 14.7 Å². The van der Waals surface area contributed by atoms with Crippen molar-refractivity contribution < 1.29 is 4.92 Å². The first-order valence-corrected chi connectivity index (χ1v) is 4.82. The molecule has 5 nitrogen and oxygen atoms in total. The molecule has 5 heteroatoms. The Bertz CT molecular complexity index is 419. The lowest BCUT2D eigenvalue weighted by Crippen LogP contribution is -1.97. The quantitative estimate of drug-likeness (QED) is 0.565. The molecule has 0 aliphatic carbocycles. The summed E-state index contributed by atoms with van der Waals surface area (Å²) in [4.78, 5) is 10.3. The predicted molar refractivity (Wildman–Crippen MR) is 57.9 cm³/mol. The van der Waals surface area contributed by atoms with Gasteiger partial charge in [-0.3, -0.25) is 14.8 Å². The van der Waals surface area contributed by atoms with E-state index in [1.165, 1.54) is 0 Å². The number of hydrogen-bond acceptors (Lipinski definition) is 3. The van der Waals surface area contributed by atoms with E-state index in [9.17, 15) is 10.1 Å². The van der Waals surface area contributed by atoms with E-state index in [1.807, 2.05) is 20.9 Å². The molecule has 0 unspecified atom stereocenters. The van der Waals surface area contributed by atoms with E-state index in [0.717, 1.165) is 17.0 Å². The fourth-order valence-electron chi connectivity index (χ4n) is 1.45. The summed E-state index contributed by atoms with van der Waals surface area (Å²) >= 11 is 0. The van der Waals surface area contributed by atoms with E-state index >= 15 is 0 Å². The Hall–Kier alpha value is -1.65. The fourth-order valence-corrected chi connectivity index (χ4v) is 1.45. The predicted octanol–water partition coefficient (Wildman–Crippen LogP) is 2.06. The van der Waals surface area contributed by atoms with Gasteiger partial charge in [0.1, 0.15) is 0 Å². The second-order valence-electron chi connectivity index (χ2n) is 3.45. The van der Waals surface area contributed by atoms with Crippen molar-refractivity contribution in [2.24, 2.45) is 7.05 Å². The summed E-state index contributed by atoms with van der Waals surface area (Å²) in [5, 5.41) is 14.9. The van der Waals surface area contributed by atoms with Gasteiger partial charge in [0, 0.05) is 30.8 Å². The summed E-state index contributed by atoms with van der Waals surface area (Å²) in [5.41, 5.74) is 2.84. The van der Waals surface area contributed by atoms with Crippen LogP contribution in [0.5, 0.6) is 0 Å². The minimum Gasteiger partial charge on any atom is -0.272 e. The Labute approximate surface area is 88.6 Å². The molecule has 0 aliphatic rings. The highest BCUT2D eigenvalue weighted by Gasteiger charge is 2.12. The van der Waals surface area contributed by atoms with Crippen molar-refractivity contribution in [3.8, 4) is 0 Å². The summed E-state index contributed by atoms with van der Waals surface area (Å²) in [5.74, 6) is 0. The molecule has 1 rings (SSSR count). The molecular weight excluding hydrogens is 194 g/mol. The van der Waals surface area contributed by atoms with Gasteiger partial charge in [-0.15, -0.1) is 0 Å². The van der Waals surface area contributed by atoms with Gasteiger partial charge in [0.05, 0.1) is 10.6 Å². The summed E-state index contributed by atoms with van der Waals surface area (Å²) in [7, 11) is 1.83. The molecule has 0 radical (unpaired) electrons. The average Bonchev–Trinajstić information content (AvgIpc) is 2.39. The molecule has 15 heavy (non-hydrogen) atoms. The average molecular weight is 209 g/mol. The van der Waals surface area contributed by atoms with Crippen molar-refractivity contribution >= 4 is 6.08 Å². The fraction of sp³-hybridized carbons (Fsp3) is 0.500. The van der Waals surface area contributed by atoms with Crippen LogP contribution in [0.1, 0.15) is 30.3 Å². The van der Waals surface area contributed by atoms with E-state index in [1.54, 1.807) is 17.7 Å². The Kier molecular flexibility index (Phi) is 3.24. The summed E-state index contributed by atoms with van der Waals surface area (Å²) in [6, 6.07) is 0. The van der Waals surface area contributed by atoms with E-state index in [-0.39, 0.29) is 10.6 Å². The lowest BCUT2D eigenvalue weighted by atomic mass is 10.1. The van der Waals surface area contributed by atoms with Crippen LogP contribution in [0.2, 0.25) is 0 Å². The zero-order valence-corrected chi connectivity index (χ0v) is 9.44. The van der Waals surface area contributed by atoms with Gasteiger partial charge >= 0.3 is 0 Å². The smallest absolute Gasteiger partial charge is 0.246 e. The van der Waals surface area contributed by atoms with Crippen LogP contribution in [0.4, 0.5) is 0 Å². The van der Waals surface area contributed by atoms with Gasteiger partial charge in [0.25, 0.3) is 0 Å². The van der Waals surface area contributed by atoms with Crippen molar-refractivity contribution in [1.29, 1.82) is 0 Å². The highest BCUT2D eigenvalue weighted by molar-refractivity contribution is 5.55. The van der Waals surface area contributed by atoms with Crippen LogP contribution < -0.4 is 0 Å².